The van der Waals surface area contributed by atoms with Crippen LogP contribution in [-0.4, -0.2) is 96.6 Å². The van der Waals surface area contributed by atoms with Crippen molar-refractivity contribution in [3.8, 4) is 0 Å². The third-order valence-electron chi connectivity index (χ3n) is 11.3. The SMILES string of the molecule is C=CCOC(=O)N(CC[C@](/C=C/[C@@H]1OC(=O)C=C[C@@H]1CC)(O[Si](C)(C)C)[C@@H](C[C@H](/C=C\C=C/C1CCCCC1)O[Si](CC)(CC)CC)OP(=O)(OCC=C)OCC=C)C(=O)OCC=C. The second-order valence-electron chi connectivity index (χ2n) is 17.0. The number of carbonyl (C=O) groups is 3. The van der Waals surface area contributed by atoms with Crippen LogP contribution in [0, 0.1) is 11.8 Å². The minimum Gasteiger partial charge on any atom is -0.454 e. The summed E-state index contributed by atoms with van der Waals surface area (Å²) in [5.74, 6) is -0.197. The normalized spacial score (nSPS) is 19.5. The zero-order chi connectivity index (χ0) is 47.7. The van der Waals surface area contributed by atoms with Crippen LogP contribution in [0.15, 0.2) is 99.2 Å². The summed E-state index contributed by atoms with van der Waals surface area (Å²) >= 11 is 0. The molecule has 1 fully saturated rings. The predicted octanol–water partition coefficient (Wildman–Crippen LogP) is 12.3. The summed E-state index contributed by atoms with van der Waals surface area (Å²) < 4.78 is 64.4. The molecular weight excluding hydrogens is 870 g/mol. The van der Waals surface area contributed by atoms with E-state index in [1.54, 1.807) is 12.2 Å². The number of cyclic esters (lactones) is 1. The zero-order valence-electron chi connectivity index (χ0n) is 39.8. The molecule has 360 valence electrons. The van der Waals surface area contributed by atoms with Crippen LogP contribution in [0.4, 0.5) is 9.59 Å². The van der Waals surface area contributed by atoms with Gasteiger partial charge in [0.15, 0.2) is 16.6 Å². The van der Waals surface area contributed by atoms with Crippen molar-refractivity contribution >= 4 is 42.6 Å². The maximum absolute atomic E-state index is 14.9. The minimum absolute atomic E-state index is 0.0552. The number of allylic oxidation sites excluding steroid dienone is 3. The molecule has 5 atom stereocenters. The number of carbonyl (C=O) groups excluding carboxylic acids is 3. The van der Waals surface area contributed by atoms with Crippen LogP contribution in [0.25, 0.3) is 0 Å². The highest BCUT2D eigenvalue weighted by molar-refractivity contribution is 7.48. The molecule has 64 heavy (non-hydrogen) atoms. The van der Waals surface area contributed by atoms with E-state index in [9.17, 15) is 18.9 Å². The molecule has 0 radical (unpaired) electrons. The summed E-state index contributed by atoms with van der Waals surface area (Å²) in [6.07, 6.45) is 22.7. The van der Waals surface area contributed by atoms with Gasteiger partial charge in [0.2, 0.25) is 0 Å². The van der Waals surface area contributed by atoms with Gasteiger partial charge in [0.05, 0.1) is 19.3 Å². The van der Waals surface area contributed by atoms with Crippen molar-refractivity contribution in [1.82, 2.24) is 4.90 Å². The average Bonchev–Trinajstić information content (AvgIpc) is 3.28. The first-order valence-electron chi connectivity index (χ1n) is 22.9. The lowest BCUT2D eigenvalue weighted by Crippen LogP contribution is -2.54. The number of nitrogens with zero attached hydrogens (tertiary/aromatic N) is 1. The summed E-state index contributed by atoms with van der Waals surface area (Å²) in [7, 11) is -9.58. The van der Waals surface area contributed by atoms with E-state index in [0.29, 0.717) is 12.3 Å². The van der Waals surface area contributed by atoms with Gasteiger partial charge in [-0.2, -0.15) is 0 Å². The van der Waals surface area contributed by atoms with Crippen LogP contribution in [-0.2, 0) is 46.0 Å². The van der Waals surface area contributed by atoms with Gasteiger partial charge in [0.25, 0.3) is 0 Å². The lowest BCUT2D eigenvalue weighted by atomic mass is 9.86. The molecule has 16 heteroatoms. The first kappa shape index (κ1) is 56.7. The van der Waals surface area contributed by atoms with Crippen LogP contribution in [0.1, 0.15) is 79.1 Å². The van der Waals surface area contributed by atoms with Crippen molar-refractivity contribution in [3.05, 3.63) is 99.2 Å². The Morgan fingerprint density at radius 1 is 0.875 bits per heavy atom. The van der Waals surface area contributed by atoms with E-state index in [1.165, 1.54) is 49.6 Å². The quantitative estimate of drug-likeness (QED) is 0.0163. The number of ether oxygens (including phenoxy) is 3. The van der Waals surface area contributed by atoms with Crippen molar-refractivity contribution in [2.75, 3.05) is 33.0 Å². The number of hydrogen-bond donors (Lipinski definition) is 0. The molecule has 13 nitrogen and oxygen atoms in total. The number of imide groups is 1. The molecule has 0 unspecified atom stereocenters. The molecule has 0 bridgehead atoms. The highest BCUT2D eigenvalue weighted by Crippen LogP contribution is 2.54. The van der Waals surface area contributed by atoms with E-state index in [2.05, 4.69) is 59.2 Å². The van der Waals surface area contributed by atoms with E-state index in [-0.39, 0.29) is 51.7 Å². The Morgan fingerprint density at radius 3 is 1.97 bits per heavy atom. The van der Waals surface area contributed by atoms with E-state index >= 15 is 0 Å². The first-order chi connectivity index (χ1) is 30.5. The highest BCUT2D eigenvalue weighted by Gasteiger charge is 2.49. The molecule has 2 rings (SSSR count). The van der Waals surface area contributed by atoms with Gasteiger partial charge < -0.3 is 23.1 Å². The monoisotopic (exact) mass is 947 g/mol. The number of esters is 1. The van der Waals surface area contributed by atoms with Gasteiger partial charge in [-0.05, 0) is 75.5 Å². The fraction of sp³-hybridized carbons (Fsp3) is 0.604. The van der Waals surface area contributed by atoms with Gasteiger partial charge in [0, 0.05) is 25.0 Å². The van der Waals surface area contributed by atoms with Gasteiger partial charge in [-0.25, -0.2) is 23.8 Å². The van der Waals surface area contributed by atoms with Crippen LogP contribution in [0.3, 0.4) is 0 Å². The average molecular weight is 948 g/mol. The fourth-order valence-electron chi connectivity index (χ4n) is 7.72. The molecule has 2 aliphatic rings. The number of amides is 2. The molecule has 0 aromatic carbocycles. The Hall–Kier alpha value is -3.41. The lowest BCUT2D eigenvalue weighted by molar-refractivity contribution is -0.143. The Kier molecular flexibility index (Phi) is 25.9. The van der Waals surface area contributed by atoms with Crippen molar-refractivity contribution < 1.29 is 55.6 Å². The zero-order valence-corrected chi connectivity index (χ0v) is 42.6. The second-order valence-corrected chi connectivity index (χ2v) is 27.8. The summed E-state index contributed by atoms with van der Waals surface area (Å²) in [5.41, 5.74) is -1.64. The highest BCUT2D eigenvalue weighted by atomic mass is 31.2. The third-order valence-corrected chi connectivity index (χ3v) is 18.4. The summed E-state index contributed by atoms with van der Waals surface area (Å²) in [6, 6.07) is 2.55. The molecular formula is C48H78NO12PSi2. The molecule has 2 amide bonds. The maximum Gasteiger partial charge on any atom is 0.475 e. The van der Waals surface area contributed by atoms with Crippen LogP contribution >= 0.6 is 7.82 Å². The topological polar surface area (TPSA) is 145 Å². The van der Waals surface area contributed by atoms with E-state index in [1.807, 2.05) is 44.8 Å². The molecule has 1 saturated carbocycles. The summed E-state index contributed by atoms with van der Waals surface area (Å²) in [5, 5.41) is 0. The Balaban J connectivity index is 3.07. The molecule has 0 saturated heterocycles. The van der Waals surface area contributed by atoms with Gasteiger partial charge in [0.1, 0.15) is 31.0 Å². The van der Waals surface area contributed by atoms with Crippen LogP contribution < -0.4 is 0 Å². The van der Waals surface area contributed by atoms with Gasteiger partial charge in [-0.15, -0.1) is 13.2 Å². The molecule has 1 heterocycles. The number of phosphoric acid groups is 1. The summed E-state index contributed by atoms with van der Waals surface area (Å²) in [4.78, 5) is 40.8. The Morgan fingerprint density at radius 2 is 1.45 bits per heavy atom. The smallest absolute Gasteiger partial charge is 0.454 e. The minimum atomic E-state index is -4.49. The van der Waals surface area contributed by atoms with E-state index in [4.69, 9.17) is 36.6 Å². The standard InChI is InChI=1S/C48H78NO12PSi2/c1-12-35-54-46(51)49(47(52)55-36-13-2)34-33-48(61-63(9,10)11,32-31-43-41(16-5)29-30-45(50)58-43)44(59-62(53,56-37-14-3)57-38-15-4)39-42(60-64(17-6,18-7)19-8)28-24-23-27-40-25-21-20-22-26-40/h12-15,23-24,27-32,40-44H,1-4,16-22,25-26,33-39H2,5-11H3/b27-23-,28-24-,32-31+/t41-,42-,43-,44+,48-/m0/s1. The fourth-order valence-corrected chi connectivity index (χ4v) is 13.3. The van der Waals surface area contributed by atoms with Crippen molar-refractivity contribution in [1.29, 1.82) is 0 Å². The molecule has 0 aromatic heterocycles. The molecule has 1 aliphatic carbocycles. The van der Waals surface area contributed by atoms with Crippen LogP contribution in [0.5, 0.6) is 0 Å². The third kappa shape index (κ3) is 19.6. The second kappa shape index (κ2) is 29.3. The maximum atomic E-state index is 14.9. The number of hydrogen-bond acceptors (Lipinski definition) is 12. The summed E-state index contributed by atoms with van der Waals surface area (Å²) in [6.45, 7) is 28.1. The predicted molar refractivity (Wildman–Crippen MR) is 260 cm³/mol. The van der Waals surface area contributed by atoms with Gasteiger partial charge in [-0.3, -0.25) is 13.6 Å². The lowest BCUT2D eigenvalue weighted by Gasteiger charge is -2.45. The van der Waals surface area contributed by atoms with Crippen molar-refractivity contribution in [2.24, 2.45) is 11.8 Å². The molecule has 1 aliphatic heterocycles. The van der Waals surface area contributed by atoms with Gasteiger partial charge in [-0.1, -0.05) is 121 Å². The van der Waals surface area contributed by atoms with Crippen molar-refractivity contribution in [2.45, 2.75) is 141 Å². The van der Waals surface area contributed by atoms with E-state index < -0.39 is 66.5 Å². The number of phosphoric ester groups is 1. The molecule has 0 aromatic rings. The van der Waals surface area contributed by atoms with Gasteiger partial charge >= 0.3 is 26.0 Å². The Bertz CT molecular complexity index is 1620. The number of rotatable bonds is 31. The van der Waals surface area contributed by atoms with Crippen molar-refractivity contribution in [3.63, 3.8) is 0 Å². The first-order valence-corrected chi connectivity index (χ1v) is 30.3. The van der Waals surface area contributed by atoms with Crippen LogP contribution in [0.2, 0.25) is 37.8 Å². The molecule has 0 N–H and O–H groups in total. The van der Waals surface area contributed by atoms with E-state index in [0.717, 1.165) is 35.9 Å². The molecule has 0 spiro atoms. The Labute approximate surface area is 386 Å². The largest absolute Gasteiger partial charge is 0.475 e.